The predicted molar refractivity (Wildman–Crippen MR) is 85.3 cm³/mol. The number of nitrogens with zero attached hydrogens (tertiary/aromatic N) is 1. The molecule has 1 aliphatic rings. The van der Waals surface area contributed by atoms with Crippen LogP contribution in [0.25, 0.3) is 0 Å². The molecule has 3 amide bonds. The maximum absolute atomic E-state index is 13.4. The molecule has 1 aromatic heterocycles. The number of rotatable bonds is 4. The van der Waals surface area contributed by atoms with Crippen molar-refractivity contribution < 1.29 is 27.2 Å². The molecule has 0 saturated carbocycles. The molecule has 2 unspecified atom stereocenters. The van der Waals surface area contributed by atoms with Gasteiger partial charge in [0.1, 0.15) is 11.9 Å². The second kappa shape index (κ2) is 7.06. The second-order valence-electron chi connectivity index (χ2n) is 5.73. The summed E-state index contributed by atoms with van der Waals surface area (Å²) in [5, 5.41) is 12.4. The standard InChI is InChI=1S/C15H12ClF4N5O2/c16-7-3-6(1-2-8(7)17)12(9-4-11(25-24-9)15(18,19)20)23-13(26)10-5-21-14(27)22-10/h1-4,10,12H,5H2,(H,23,26)(H,24,25)(H2,21,22,27). The molecule has 1 fully saturated rings. The lowest BCUT2D eigenvalue weighted by molar-refractivity contribution is -0.141. The molecular formula is C15H12ClF4N5O2. The Labute approximate surface area is 154 Å². The lowest BCUT2D eigenvalue weighted by Gasteiger charge is -2.20. The summed E-state index contributed by atoms with van der Waals surface area (Å²) in [4.78, 5) is 23.6. The molecule has 1 saturated heterocycles. The summed E-state index contributed by atoms with van der Waals surface area (Å²) >= 11 is 5.75. The average Bonchev–Trinajstić information content (AvgIpc) is 3.24. The zero-order valence-electron chi connectivity index (χ0n) is 13.3. The Morgan fingerprint density at radius 1 is 1.33 bits per heavy atom. The molecule has 0 aliphatic carbocycles. The molecule has 27 heavy (non-hydrogen) atoms. The number of amides is 3. The number of alkyl halides is 3. The van der Waals surface area contributed by atoms with Crippen LogP contribution in [0.2, 0.25) is 5.02 Å². The summed E-state index contributed by atoms with van der Waals surface area (Å²) in [7, 11) is 0. The van der Waals surface area contributed by atoms with Gasteiger partial charge in [0.2, 0.25) is 5.91 Å². The van der Waals surface area contributed by atoms with Gasteiger partial charge in [-0.05, 0) is 23.8 Å². The van der Waals surface area contributed by atoms with Crippen LogP contribution in [0.3, 0.4) is 0 Å². The van der Waals surface area contributed by atoms with Crippen molar-refractivity contribution in [2.75, 3.05) is 6.54 Å². The number of aromatic amines is 1. The molecule has 2 aromatic rings. The van der Waals surface area contributed by atoms with Crippen LogP contribution in [-0.4, -0.2) is 34.7 Å². The molecule has 0 spiro atoms. The Kier molecular flexibility index (Phi) is 4.96. The van der Waals surface area contributed by atoms with Gasteiger partial charge in [0, 0.05) is 6.54 Å². The van der Waals surface area contributed by atoms with Crippen molar-refractivity contribution in [1.82, 2.24) is 26.1 Å². The van der Waals surface area contributed by atoms with Gasteiger partial charge in [-0.3, -0.25) is 9.89 Å². The van der Waals surface area contributed by atoms with Crippen LogP contribution in [-0.2, 0) is 11.0 Å². The van der Waals surface area contributed by atoms with E-state index in [-0.39, 0.29) is 22.8 Å². The van der Waals surface area contributed by atoms with Gasteiger partial charge in [-0.2, -0.15) is 18.3 Å². The molecule has 2 atom stereocenters. The maximum Gasteiger partial charge on any atom is 0.435 e. The third-order valence-electron chi connectivity index (χ3n) is 3.85. The quantitative estimate of drug-likeness (QED) is 0.586. The van der Waals surface area contributed by atoms with E-state index < -0.39 is 41.7 Å². The van der Waals surface area contributed by atoms with Gasteiger partial charge in [0.05, 0.1) is 16.8 Å². The SMILES string of the molecule is O=C1NCC(C(=O)NC(c2ccc(F)c(Cl)c2)c2cc(C(F)(F)F)n[nH]2)N1. The second-order valence-corrected chi connectivity index (χ2v) is 6.14. The minimum atomic E-state index is -4.69. The van der Waals surface area contributed by atoms with Crippen molar-refractivity contribution in [3.8, 4) is 0 Å². The van der Waals surface area contributed by atoms with E-state index in [0.717, 1.165) is 12.1 Å². The number of carbonyl (C=O) groups excluding carboxylic acids is 2. The third-order valence-corrected chi connectivity index (χ3v) is 4.14. The van der Waals surface area contributed by atoms with Crippen molar-refractivity contribution in [3.05, 3.63) is 52.1 Å². The largest absolute Gasteiger partial charge is 0.435 e. The number of carbonyl (C=O) groups is 2. The molecule has 1 aromatic carbocycles. The maximum atomic E-state index is 13.4. The van der Waals surface area contributed by atoms with Gasteiger partial charge in [-0.15, -0.1) is 0 Å². The topological polar surface area (TPSA) is 98.9 Å². The Morgan fingerprint density at radius 3 is 2.63 bits per heavy atom. The van der Waals surface area contributed by atoms with Gasteiger partial charge in [0.25, 0.3) is 0 Å². The van der Waals surface area contributed by atoms with Crippen LogP contribution >= 0.6 is 11.6 Å². The summed E-state index contributed by atoms with van der Waals surface area (Å²) in [5.74, 6) is -1.37. The van der Waals surface area contributed by atoms with Crippen LogP contribution in [0.5, 0.6) is 0 Å². The van der Waals surface area contributed by atoms with Crippen LogP contribution < -0.4 is 16.0 Å². The predicted octanol–water partition coefficient (Wildman–Crippen LogP) is 2.11. The number of H-pyrrole nitrogens is 1. The number of urea groups is 1. The van der Waals surface area contributed by atoms with Crippen LogP contribution in [0.4, 0.5) is 22.4 Å². The Bertz CT molecular complexity index is 885. The van der Waals surface area contributed by atoms with Crippen LogP contribution in [0, 0.1) is 5.82 Å². The lowest BCUT2D eigenvalue weighted by atomic mass is 10.0. The Balaban J connectivity index is 1.93. The highest BCUT2D eigenvalue weighted by Gasteiger charge is 2.36. The van der Waals surface area contributed by atoms with Gasteiger partial charge < -0.3 is 16.0 Å². The van der Waals surface area contributed by atoms with Crippen molar-refractivity contribution in [2.45, 2.75) is 18.3 Å². The van der Waals surface area contributed by atoms with E-state index in [9.17, 15) is 27.2 Å². The van der Waals surface area contributed by atoms with E-state index in [1.54, 1.807) is 0 Å². The van der Waals surface area contributed by atoms with Crippen molar-refractivity contribution in [3.63, 3.8) is 0 Å². The Morgan fingerprint density at radius 2 is 2.07 bits per heavy atom. The molecule has 12 heteroatoms. The summed E-state index contributed by atoms with van der Waals surface area (Å²) in [6, 6.07) is 1.62. The fraction of sp³-hybridized carbons (Fsp3) is 0.267. The lowest BCUT2D eigenvalue weighted by Crippen LogP contribution is -2.44. The molecule has 144 valence electrons. The minimum absolute atomic E-state index is 0.0122. The van der Waals surface area contributed by atoms with Crippen molar-refractivity contribution in [1.29, 1.82) is 0 Å². The van der Waals surface area contributed by atoms with Gasteiger partial charge in [-0.1, -0.05) is 17.7 Å². The van der Waals surface area contributed by atoms with Gasteiger partial charge in [-0.25, -0.2) is 9.18 Å². The zero-order valence-corrected chi connectivity index (χ0v) is 14.1. The number of hydrogen-bond acceptors (Lipinski definition) is 3. The highest BCUT2D eigenvalue weighted by Crippen LogP contribution is 2.31. The highest BCUT2D eigenvalue weighted by atomic mass is 35.5. The van der Waals surface area contributed by atoms with Crippen LogP contribution in [0.1, 0.15) is 23.0 Å². The first kappa shape index (κ1) is 19.0. The minimum Gasteiger partial charge on any atom is -0.342 e. The van der Waals surface area contributed by atoms with Crippen molar-refractivity contribution >= 4 is 23.5 Å². The average molecular weight is 406 g/mol. The molecule has 7 nitrogen and oxygen atoms in total. The Hall–Kier alpha value is -2.82. The normalized spacial score (nSPS) is 18.0. The molecule has 3 rings (SSSR count). The first-order valence-electron chi connectivity index (χ1n) is 7.57. The summed E-state index contributed by atoms with van der Waals surface area (Å²) in [5.41, 5.74) is -1.04. The fourth-order valence-corrected chi connectivity index (χ4v) is 2.71. The van der Waals surface area contributed by atoms with E-state index >= 15 is 0 Å². The van der Waals surface area contributed by atoms with E-state index in [4.69, 9.17) is 11.6 Å². The first-order valence-corrected chi connectivity index (χ1v) is 7.95. The summed E-state index contributed by atoms with van der Waals surface area (Å²) in [6.45, 7) is 0.0122. The number of hydrogen-bond donors (Lipinski definition) is 4. The van der Waals surface area contributed by atoms with E-state index in [1.807, 2.05) is 0 Å². The molecule has 0 radical (unpaired) electrons. The molecule has 1 aliphatic heterocycles. The molecule has 2 heterocycles. The molecule has 4 N–H and O–H groups in total. The number of aromatic nitrogens is 2. The zero-order chi connectivity index (χ0) is 19.8. The van der Waals surface area contributed by atoms with E-state index in [2.05, 4.69) is 26.1 Å². The van der Waals surface area contributed by atoms with E-state index in [1.165, 1.54) is 12.1 Å². The third kappa shape index (κ3) is 4.13. The smallest absolute Gasteiger partial charge is 0.342 e. The van der Waals surface area contributed by atoms with Crippen LogP contribution in [0.15, 0.2) is 24.3 Å². The number of halogens is 5. The van der Waals surface area contributed by atoms with E-state index in [0.29, 0.717) is 0 Å². The van der Waals surface area contributed by atoms with Gasteiger partial charge in [0.15, 0.2) is 5.69 Å². The summed E-state index contributed by atoms with van der Waals surface area (Å²) < 4.78 is 51.9. The number of nitrogens with one attached hydrogen (secondary N) is 4. The number of benzene rings is 1. The monoisotopic (exact) mass is 405 g/mol. The van der Waals surface area contributed by atoms with Gasteiger partial charge >= 0.3 is 12.2 Å². The summed E-state index contributed by atoms with van der Waals surface area (Å²) in [6.07, 6.45) is -4.69. The molecular weight excluding hydrogens is 394 g/mol. The first-order chi connectivity index (χ1) is 12.6. The fourth-order valence-electron chi connectivity index (χ4n) is 2.52. The highest BCUT2D eigenvalue weighted by molar-refractivity contribution is 6.30. The van der Waals surface area contributed by atoms with Crippen molar-refractivity contribution in [2.24, 2.45) is 0 Å². The molecule has 0 bridgehead atoms.